The van der Waals surface area contributed by atoms with Crippen molar-refractivity contribution in [3.8, 4) is 11.3 Å². The number of benzene rings is 1. The number of rotatable bonds is 4. The molecule has 0 saturated carbocycles. The lowest BCUT2D eigenvalue weighted by Gasteiger charge is -2.07. The van der Waals surface area contributed by atoms with Crippen molar-refractivity contribution in [1.29, 1.82) is 0 Å². The highest BCUT2D eigenvalue weighted by atomic mass is 79.9. The molecule has 102 valence electrons. The van der Waals surface area contributed by atoms with Gasteiger partial charge < -0.3 is 9.73 Å². The molecule has 1 aromatic heterocycles. The van der Waals surface area contributed by atoms with E-state index >= 15 is 0 Å². The van der Waals surface area contributed by atoms with E-state index in [0.29, 0.717) is 26.9 Å². The number of furan rings is 1. The van der Waals surface area contributed by atoms with Gasteiger partial charge in [-0.2, -0.15) is 0 Å². The van der Waals surface area contributed by atoms with Crippen LogP contribution in [-0.4, -0.2) is 13.1 Å². The standard InChI is InChI=1S/C14H14BrClFNO/c1-8(18-2)5-10-3-4-13(19-10)14-11(15)6-9(17)7-12(14)16/h3-4,6-8,18H,5H2,1-2H3. The average Bonchev–Trinajstić information content (AvgIpc) is 2.75. The van der Waals surface area contributed by atoms with Gasteiger partial charge in [-0.25, -0.2) is 4.39 Å². The molecule has 0 aliphatic heterocycles. The highest BCUT2D eigenvalue weighted by Crippen LogP contribution is 2.36. The molecule has 1 unspecified atom stereocenters. The first-order valence-electron chi connectivity index (χ1n) is 5.92. The van der Waals surface area contributed by atoms with Gasteiger partial charge in [-0.3, -0.25) is 0 Å². The lowest BCUT2D eigenvalue weighted by Crippen LogP contribution is -2.23. The topological polar surface area (TPSA) is 25.2 Å². The SMILES string of the molecule is CNC(C)Cc1ccc(-c2c(Cl)cc(F)cc2Br)o1. The summed E-state index contributed by atoms with van der Waals surface area (Å²) in [6, 6.07) is 6.74. The molecule has 0 saturated heterocycles. The van der Waals surface area contributed by atoms with E-state index in [-0.39, 0.29) is 5.82 Å². The van der Waals surface area contributed by atoms with Crippen molar-refractivity contribution >= 4 is 27.5 Å². The van der Waals surface area contributed by atoms with Gasteiger partial charge in [0.1, 0.15) is 17.3 Å². The summed E-state index contributed by atoms with van der Waals surface area (Å²) in [6.45, 7) is 2.07. The van der Waals surface area contributed by atoms with E-state index in [4.69, 9.17) is 16.0 Å². The van der Waals surface area contributed by atoms with Crippen molar-refractivity contribution in [1.82, 2.24) is 5.32 Å². The molecule has 0 fully saturated rings. The minimum Gasteiger partial charge on any atom is -0.461 e. The molecule has 0 bridgehead atoms. The highest BCUT2D eigenvalue weighted by molar-refractivity contribution is 9.10. The molecule has 0 amide bonds. The van der Waals surface area contributed by atoms with Crippen LogP contribution in [0.2, 0.25) is 5.02 Å². The zero-order chi connectivity index (χ0) is 14.0. The molecule has 0 spiro atoms. The van der Waals surface area contributed by atoms with Crippen LogP contribution in [0.25, 0.3) is 11.3 Å². The Morgan fingerprint density at radius 1 is 1.42 bits per heavy atom. The predicted molar refractivity (Wildman–Crippen MR) is 79.0 cm³/mol. The molecule has 1 heterocycles. The molecular weight excluding hydrogens is 333 g/mol. The van der Waals surface area contributed by atoms with Crippen LogP contribution in [0.5, 0.6) is 0 Å². The van der Waals surface area contributed by atoms with Gasteiger partial charge in [-0.1, -0.05) is 11.6 Å². The van der Waals surface area contributed by atoms with Crippen molar-refractivity contribution in [3.63, 3.8) is 0 Å². The van der Waals surface area contributed by atoms with Crippen LogP contribution in [0.1, 0.15) is 12.7 Å². The van der Waals surface area contributed by atoms with Gasteiger partial charge in [-0.15, -0.1) is 0 Å². The largest absolute Gasteiger partial charge is 0.461 e. The first-order chi connectivity index (χ1) is 9.01. The monoisotopic (exact) mass is 345 g/mol. The Morgan fingerprint density at radius 3 is 2.79 bits per heavy atom. The molecule has 2 nitrogen and oxygen atoms in total. The Bertz CT molecular complexity index is 562. The van der Waals surface area contributed by atoms with Gasteiger partial charge in [0.15, 0.2) is 0 Å². The molecule has 2 rings (SSSR count). The van der Waals surface area contributed by atoms with Crippen molar-refractivity contribution in [3.05, 3.63) is 45.3 Å². The molecule has 1 aromatic carbocycles. The summed E-state index contributed by atoms with van der Waals surface area (Å²) in [5.74, 6) is 1.12. The third-order valence-corrected chi connectivity index (χ3v) is 3.84. The number of halogens is 3. The number of likely N-dealkylation sites (N-methyl/N-ethyl adjacent to an activating group) is 1. The van der Waals surface area contributed by atoms with Crippen LogP contribution >= 0.6 is 27.5 Å². The van der Waals surface area contributed by atoms with Gasteiger partial charge >= 0.3 is 0 Å². The van der Waals surface area contributed by atoms with E-state index in [2.05, 4.69) is 28.2 Å². The van der Waals surface area contributed by atoms with Crippen molar-refractivity contribution in [2.24, 2.45) is 0 Å². The zero-order valence-corrected chi connectivity index (χ0v) is 13.0. The molecule has 2 aromatic rings. The summed E-state index contributed by atoms with van der Waals surface area (Å²) in [6.07, 6.45) is 0.785. The molecule has 0 aliphatic rings. The van der Waals surface area contributed by atoms with Crippen LogP contribution < -0.4 is 5.32 Å². The van der Waals surface area contributed by atoms with E-state index in [1.165, 1.54) is 12.1 Å². The van der Waals surface area contributed by atoms with E-state index in [0.717, 1.165) is 12.2 Å². The first-order valence-corrected chi connectivity index (χ1v) is 7.09. The maximum absolute atomic E-state index is 13.2. The molecule has 1 atom stereocenters. The van der Waals surface area contributed by atoms with Gasteiger partial charge in [-0.05, 0) is 54.2 Å². The fraction of sp³-hybridized carbons (Fsp3) is 0.286. The fourth-order valence-corrected chi connectivity index (χ4v) is 2.84. The van der Waals surface area contributed by atoms with Gasteiger partial charge in [0.05, 0.1) is 10.6 Å². The quantitative estimate of drug-likeness (QED) is 0.871. The molecule has 5 heteroatoms. The zero-order valence-electron chi connectivity index (χ0n) is 10.6. The summed E-state index contributed by atoms with van der Waals surface area (Å²) in [7, 11) is 1.90. The van der Waals surface area contributed by atoms with E-state index in [1.54, 1.807) is 0 Å². The minimum atomic E-state index is -0.379. The summed E-state index contributed by atoms with van der Waals surface area (Å²) >= 11 is 9.38. The van der Waals surface area contributed by atoms with Crippen LogP contribution in [0.4, 0.5) is 4.39 Å². The molecule has 0 radical (unpaired) electrons. The van der Waals surface area contributed by atoms with Gasteiger partial charge in [0.2, 0.25) is 0 Å². The van der Waals surface area contributed by atoms with Crippen LogP contribution in [-0.2, 0) is 6.42 Å². The first kappa shape index (κ1) is 14.6. The van der Waals surface area contributed by atoms with Crippen molar-refractivity contribution in [2.75, 3.05) is 7.05 Å². The lowest BCUT2D eigenvalue weighted by atomic mass is 10.1. The third kappa shape index (κ3) is 3.38. The number of nitrogens with one attached hydrogen (secondary N) is 1. The number of hydrogen-bond acceptors (Lipinski definition) is 2. The predicted octanol–water partition coefficient (Wildman–Crippen LogP) is 4.65. The Kier molecular flexibility index (Phi) is 4.66. The van der Waals surface area contributed by atoms with Crippen LogP contribution in [0.3, 0.4) is 0 Å². The summed E-state index contributed by atoms with van der Waals surface area (Å²) in [4.78, 5) is 0. The molecule has 1 N–H and O–H groups in total. The van der Waals surface area contributed by atoms with Gasteiger partial charge in [0, 0.05) is 16.9 Å². The normalized spacial score (nSPS) is 12.7. The molecule has 0 aliphatic carbocycles. The van der Waals surface area contributed by atoms with Crippen molar-refractivity contribution in [2.45, 2.75) is 19.4 Å². The summed E-state index contributed by atoms with van der Waals surface area (Å²) in [5, 5.41) is 3.48. The van der Waals surface area contributed by atoms with E-state index in [1.807, 2.05) is 19.2 Å². The average molecular weight is 347 g/mol. The second-order valence-electron chi connectivity index (χ2n) is 4.40. The van der Waals surface area contributed by atoms with Crippen LogP contribution in [0.15, 0.2) is 33.2 Å². The maximum Gasteiger partial charge on any atom is 0.136 e. The molecular formula is C14H14BrClFNO. The highest BCUT2D eigenvalue weighted by Gasteiger charge is 2.14. The lowest BCUT2D eigenvalue weighted by molar-refractivity contribution is 0.481. The Balaban J connectivity index is 2.33. The Morgan fingerprint density at radius 2 is 2.16 bits per heavy atom. The Labute approximate surface area is 125 Å². The van der Waals surface area contributed by atoms with Crippen molar-refractivity contribution < 1.29 is 8.81 Å². The molecule has 19 heavy (non-hydrogen) atoms. The van der Waals surface area contributed by atoms with Gasteiger partial charge in [0.25, 0.3) is 0 Å². The number of hydrogen-bond donors (Lipinski definition) is 1. The summed E-state index contributed by atoms with van der Waals surface area (Å²) in [5.41, 5.74) is 0.673. The Hall–Kier alpha value is -0.840. The summed E-state index contributed by atoms with van der Waals surface area (Å²) < 4.78 is 19.5. The van der Waals surface area contributed by atoms with E-state index in [9.17, 15) is 4.39 Å². The second-order valence-corrected chi connectivity index (χ2v) is 5.67. The van der Waals surface area contributed by atoms with Crippen LogP contribution in [0, 0.1) is 5.82 Å². The van der Waals surface area contributed by atoms with E-state index < -0.39 is 0 Å². The third-order valence-electron chi connectivity index (χ3n) is 2.92. The second kappa shape index (κ2) is 6.07. The smallest absolute Gasteiger partial charge is 0.136 e. The maximum atomic E-state index is 13.2. The fourth-order valence-electron chi connectivity index (χ4n) is 1.80. The minimum absolute atomic E-state index is 0.325.